The summed E-state index contributed by atoms with van der Waals surface area (Å²) in [6.07, 6.45) is -19.1. The molecule has 2 aromatic carbocycles. The second-order valence-corrected chi connectivity index (χ2v) is 15.7. The van der Waals surface area contributed by atoms with Crippen LogP contribution in [0.4, 0.5) is 0 Å². The van der Waals surface area contributed by atoms with Gasteiger partial charge in [-0.1, -0.05) is 42.5 Å². The number of phenolic OH excluding ortho intramolecular Hbond substituents is 2. The molecule has 4 aliphatic rings. The summed E-state index contributed by atoms with van der Waals surface area (Å²) < 4.78 is 20.6. The van der Waals surface area contributed by atoms with Crippen LogP contribution in [-0.2, 0) is 57.3 Å². The molecule has 67 heavy (non-hydrogen) atoms. The molecule has 4 fully saturated rings. The van der Waals surface area contributed by atoms with Gasteiger partial charge < -0.3 is 80.2 Å². The van der Waals surface area contributed by atoms with Crippen molar-refractivity contribution in [1.29, 1.82) is 0 Å². The van der Waals surface area contributed by atoms with E-state index in [1.807, 2.05) is 0 Å². The highest BCUT2D eigenvalue weighted by molar-refractivity contribution is 6.45. The van der Waals surface area contributed by atoms with E-state index in [2.05, 4.69) is 0 Å². The second-order valence-electron chi connectivity index (χ2n) is 15.7. The van der Waals surface area contributed by atoms with Gasteiger partial charge in [-0.25, -0.2) is 0 Å². The summed E-state index contributed by atoms with van der Waals surface area (Å²) in [7, 11) is 0. The second kappa shape index (κ2) is 19.7. The minimum absolute atomic E-state index is 0.0331. The standard InChI is InChI=1S/C43H42O24/c44-14-24-30(52)32(54)34(56)40(64-24)66-42(62)36(58)20(28(50)26(38(42)60)22(48)11-5-16-1-7-18(46)8-2-16)13-21-29(51)27(23(49)12-6-17-3-9-19(47)10-4-17)39(61)43(63,37(21)59)67-41-35(57)33(55)31(53)25(15-45)65-41/h1-13,20,24-27,30-35,40-41,44-47,52-57,62-63H,14-15H2/b11-5+,12-6+,21-13+/t20?,24-,25-,26?,27?,30-,31-,32+,33+,34-,35-,40-,41+,42?,43?/m0/s1. The van der Waals surface area contributed by atoms with Gasteiger partial charge >= 0.3 is 0 Å². The first kappa shape index (κ1) is 50.5. The number of allylic oxidation sites excluding steroid dienone is 3. The Balaban J connectivity index is 1.48. The van der Waals surface area contributed by atoms with Crippen molar-refractivity contribution in [1.82, 2.24) is 0 Å². The average Bonchev–Trinajstić information content (AvgIpc) is 3.30. The number of aromatic hydroxyl groups is 2. The van der Waals surface area contributed by atoms with E-state index in [9.17, 15) is 99.6 Å². The number of carbonyl (C=O) groups excluding carboxylic acids is 8. The van der Waals surface area contributed by atoms with Crippen LogP contribution in [0.3, 0.4) is 0 Å². The smallest absolute Gasteiger partial charge is 0.296 e. The van der Waals surface area contributed by atoms with Crippen molar-refractivity contribution < 1.29 is 119 Å². The van der Waals surface area contributed by atoms with Crippen LogP contribution < -0.4 is 0 Å². The summed E-state index contributed by atoms with van der Waals surface area (Å²) in [5.41, 5.74) is -1.31. The monoisotopic (exact) mass is 942 g/mol. The molecular formula is C43H42O24. The molecule has 0 aromatic heterocycles. The number of Topliss-reactive ketones (excluding diaryl/α,β-unsaturated/α-hetero) is 6. The maximum atomic E-state index is 14.3. The minimum atomic E-state index is -4.18. The number of benzene rings is 2. The van der Waals surface area contributed by atoms with Crippen LogP contribution in [-0.4, -0.2) is 194 Å². The molecule has 2 heterocycles. The van der Waals surface area contributed by atoms with Gasteiger partial charge in [-0.15, -0.1) is 0 Å². The van der Waals surface area contributed by atoms with Crippen LogP contribution in [0, 0.1) is 17.8 Å². The van der Waals surface area contributed by atoms with Crippen molar-refractivity contribution in [3.8, 4) is 11.5 Å². The molecule has 2 aromatic rings. The third-order valence-corrected chi connectivity index (χ3v) is 11.3. The number of carbonyl (C=O) groups is 8. The predicted molar refractivity (Wildman–Crippen MR) is 212 cm³/mol. The van der Waals surface area contributed by atoms with Crippen molar-refractivity contribution in [3.05, 3.63) is 83.5 Å². The number of phenols is 2. The molecule has 2 aliphatic heterocycles. The number of aliphatic hydroxyl groups excluding tert-OH is 8. The summed E-state index contributed by atoms with van der Waals surface area (Å²) in [6.45, 7) is -2.22. The topological polar surface area (TPSA) is 416 Å². The Morgan fingerprint density at radius 3 is 1.40 bits per heavy atom. The molecule has 0 bridgehead atoms. The Labute approximate surface area is 375 Å². The number of ketones is 8. The zero-order valence-corrected chi connectivity index (χ0v) is 34.2. The summed E-state index contributed by atoms with van der Waals surface area (Å²) in [4.78, 5) is 113. The van der Waals surface area contributed by atoms with E-state index in [1.54, 1.807) is 0 Å². The van der Waals surface area contributed by atoms with E-state index in [-0.39, 0.29) is 28.7 Å². The summed E-state index contributed by atoms with van der Waals surface area (Å²) >= 11 is 0. The molecule has 2 saturated heterocycles. The normalized spacial score (nSPS) is 36.9. The van der Waals surface area contributed by atoms with Crippen LogP contribution >= 0.6 is 0 Å². The highest BCUT2D eigenvalue weighted by Gasteiger charge is 2.66. The fourth-order valence-corrected chi connectivity index (χ4v) is 7.47. The molecule has 2 aliphatic carbocycles. The Morgan fingerprint density at radius 2 is 0.970 bits per heavy atom. The number of hydrogen-bond donors (Lipinski definition) is 12. The van der Waals surface area contributed by atoms with Gasteiger partial charge in [0.2, 0.25) is 23.1 Å². The van der Waals surface area contributed by atoms with Crippen LogP contribution in [0.1, 0.15) is 11.1 Å². The SMILES string of the molecule is O=C(/C=C/c1ccc(O)cc1)C1C(=O)/C(=C\C2C(=O)C(C(=O)/C=C/c3ccc(O)cc3)C(=O)C(O)(O[C@@H]3O[C@@H](CO)[C@H](O)[C@@H](O)[C@@H]3O)C2=O)C(=O)C(O)(O[C@H]2O[C@@H](CO)[C@H](O)[C@@H](O)[C@@H]2O)C1=O. The molecule has 0 spiro atoms. The molecule has 0 amide bonds. The van der Waals surface area contributed by atoms with Gasteiger partial charge in [0.1, 0.15) is 78.1 Å². The predicted octanol–water partition coefficient (Wildman–Crippen LogP) is -5.81. The van der Waals surface area contributed by atoms with Crippen LogP contribution in [0.25, 0.3) is 12.2 Å². The molecule has 358 valence electrons. The van der Waals surface area contributed by atoms with Crippen molar-refractivity contribution in [3.63, 3.8) is 0 Å². The van der Waals surface area contributed by atoms with Crippen molar-refractivity contribution in [2.45, 2.75) is 73.0 Å². The lowest BCUT2D eigenvalue weighted by Crippen LogP contribution is -2.68. The third-order valence-electron chi connectivity index (χ3n) is 11.3. The Morgan fingerprint density at radius 1 is 0.567 bits per heavy atom. The third kappa shape index (κ3) is 9.49. The number of aliphatic hydroxyl groups is 10. The van der Waals surface area contributed by atoms with E-state index in [0.717, 1.165) is 12.2 Å². The number of hydrogen-bond acceptors (Lipinski definition) is 24. The number of rotatable bonds is 13. The lowest BCUT2D eigenvalue weighted by molar-refractivity contribution is -0.344. The Hall–Kier alpha value is -5.94. The van der Waals surface area contributed by atoms with E-state index in [4.69, 9.17) is 18.9 Å². The average molecular weight is 943 g/mol. The van der Waals surface area contributed by atoms with Crippen LogP contribution in [0.2, 0.25) is 0 Å². The molecule has 12 N–H and O–H groups in total. The van der Waals surface area contributed by atoms with E-state index in [0.29, 0.717) is 12.2 Å². The van der Waals surface area contributed by atoms with Gasteiger partial charge in [-0.2, -0.15) is 0 Å². The van der Waals surface area contributed by atoms with E-state index in [1.165, 1.54) is 48.5 Å². The molecule has 2 saturated carbocycles. The molecule has 6 rings (SSSR count). The molecule has 15 atom stereocenters. The lowest BCUT2D eigenvalue weighted by atomic mass is 9.69. The van der Waals surface area contributed by atoms with Gasteiger partial charge in [0.25, 0.3) is 11.6 Å². The van der Waals surface area contributed by atoms with Crippen LogP contribution in [0.15, 0.2) is 72.3 Å². The van der Waals surface area contributed by atoms with Gasteiger partial charge in [-0.3, -0.25) is 38.4 Å². The lowest BCUT2D eigenvalue weighted by Gasteiger charge is -2.44. The highest BCUT2D eigenvalue weighted by atomic mass is 16.8. The van der Waals surface area contributed by atoms with E-state index < -0.39 is 156 Å². The summed E-state index contributed by atoms with van der Waals surface area (Å²) in [5.74, 6) is -32.7. The van der Waals surface area contributed by atoms with Crippen LogP contribution in [0.5, 0.6) is 11.5 Å². The largest absolute Gasteiger partial charge is 0.508 e. The fraction of sp³-hybridized carbons (Fsp3) is 0.395. The fourth-order valence-electron chi connectivity index (χ4n) is 7.47. The zero-order valence-electron chi connectivity index (χ0n) is 34.2. The number of ether oxygens (including phenoxy) is 4. The molecule has 0 radical (unpaired) electrons. The molecule has 24 heteroatoms. The maximum absolute atomic E-state index is 14.3. The summed E-state index contributed by atoms with van der Waals surface area (Å²) in [5, 5.41) is 125. The van der Waals surface area contributed by atoms with Crippen molar-refractivity contribution in [2.75, 3.05) is 13.2 Å². The quantitative estimate of drug-likeness (QED) is 0.0385. The van der Waals surface area contributed by atoms with Gasteiger partial charge in [-0.05, 0) is 47.5 Å². The maximum Gasteiger partial charge on any atom is 0.296 e. The summed E-state index contributed by atoms with van der Waals surface area (Å²) in [6, 6.07) is 9.80. The first-order valence-electron chi connectivity index (χ1n) is 19.9. The van der Waals surface area contributed by atoms with E-state index >= 15 is 0 Å². The Kier molecular flexibility index (Phi) is 14.9. The minimum Gasteiger partial charge on any atom is -0.508 e. The highest BCUT2D eigenvalue weighted by Crippen LogP contribution is 2.39. The van der Waals surface area contributed by atoms with Gasteiger partial charge in [0.15, 0.2) is 35.7 Å². The van der Waals surface area contributed by atoms with Gasteiger partial charge in [0, 0.05) is 0 Å². The molecule has 24 nitrogen and oxygen atoms in total. The Bertz CT molecular complexity index is 2400. The van der Waals surface area contributed by atoms with Crippen molar-refractivity contribution >= 4 is 58.4 Å². The first-order chi connectivity index (χ1) is 31.5. The van der Waals surface area contributed by atoms with Crippen molar-refractivity contribution in [2.24, 2.45) is 17.8 Å². The van der Waals surface area contributed by atoms with Gasteiger partial charge in [0.05, 0.1) is 18.8 Å². The molecule has 5 unspecified atom stereocenters. The zero-order chi connectivity index (χ0) is 49.4. The first-order valence-corrected chi connectivity index (χ1v) is 19.9. The molecular weight excluding hydrogens is 900 g/mol.